The highest BCUT2D eigenvalue weighted by molar-refractivity contribution is 7.88. The Morgan fingerprint density at radius 2 is 2.04 bits per heavy atom. The highest BCUT2D eigenvalue weighted by Crippen LogP contribution is 2.20. The van der Waals surface area contributed by atoms with Gasteiger partial charge in [0, 0.05) is 31.5 Å². The van der Waals surface area contributed by atoms with E-state index in [9.17, 15) is 13.2 Å². The van der Waals surface area contributed by atoms with E-state index in [-0.39, 0.29) is 25.0 Å². The van der Waals surface area contributed by atoms with Crippen LogP contribution in [0.25, 0.3) is 0 Å². The van der Waals surface area contributed by atoms with Crippen LogP contribution in [0.1, 0.15) is 38.2 Å². The first-order valence-electron chi connectivity index (χ1n) is 8.05. The summed E-state index contributed by atoms with van der Waals surface area (Å²) >= 11 is 0. The molecule has 1 atom stereocenters. The molecule has 1 fully saturated rings. The number of carbonyl (C=O) groups is 1. The lowest BCUT2D eigenvalue weighted by Crippen LogP contribution is -2.48. The minimum atomic E-state index is -3.46. The minimum absolute atomic E-state index is 0.0995. The van der Waals surface area contributed by atoms with Gasteiger partial charge in [0.1, 0.15) is 0 Å². The second-order valence-electron chi connectivity index (χ2n) is 6.03. The number of piperidine rings is 1. The van der Waals surface area contributed by atoms with Crippen LogP contribution in [-0.2, 0) is 21.4 Å². The zero-order chi connectivity index (χ0) is 16.9. The number of sulfonamides is 1. The van der Waals surface area contributed by atoms with Crippen molar-refractivity contribution in [3.8, 4) is 0 Å². The summed E-state index contributed by atoms with van der Waals surface area (Å²) in [4.78, 5) is 18.4. The van der Waals surface area contributed by atoms with Gasteiger partial charge in [-0.15, -0.1) is 0 Å². The number of hydrogen-bond donors (Lipinski definition) is 0. The van der Waals surface area contributed by atoms with E-state index in [4.69, 9.17) is 0 Å². The molecule has 0 bridgehead atoms. The van der Waals surface area contributed by atoms with Gasteiger partial charge >= 0.3 is 0 Å². The van der Waals surface area contributed by atoms with E-state index in [0.29, 0.717) is 0 Å². The van der Waals surface area contributed by atoms with Crippen LogP contribution in [0.2, 0.25) is 0 Å². The monoisotopic (exact) mass is 339 g/mol. The maximum Gasteiger partial charge on any atom is 0.238 e. The Bertz CT molecular complexity index is 619. The smallest absolute Gasteiger partial charge is 0.238 e. The quantitative estimate of drug-likeness (QED) is 0.790. The number of nitrogens with zero attached hydrogens (tertiary/aromatic N) is 3. The van der Waals surface area contributed by atoms with Crippen molar-refractivity contribution in [2.24, 2.45) is 0 Å². The lowest BCUT2D eigenvalue weighted by molar-refractivity contribution is -0.135. The minimum Gasteiger partial charge on any atom is -0.339 e. The summed E-state index contributed by atoms with van der Waals surface area (Å²) in [5.41, 5.74) is 0.823. The lowest BCUT2D eigenvalue weighted by Gasteiger charge is -2.36. The standard InChI is InChI=1S/C16H25N3O3S/c1-3-15-6-4-5-11-19(15)16(20)13-18(23(2,21)22)12-14-7-9-17-10-8-14/h7-10,15H,3-6,11-13H2,1-2H3. The van der Waals surface area contributed by atoms with Gasteiger partial charge in [-0.25, -0.2) is 8.42 Å². The van der Waals surface area contributed by atoms with E-state index in [0.717, 1.165) is 44.0 Å². The maximum absolute atomic E-state index is 12.6. The van der Waals surface area contributed by atoms with Crippen LogP contribution in [0.4, 0.5) is 0 Å². The largest absolute Gasteiger partial charge is 0.339 e. The molecule has 1 aliphatic rings. The first kappa shape index (κ1) is 17.9. The van der Waals surface area contributed by atoms with E-state index >= 15 is 0 Å². The van der Waals surface area contributed by atoms with Crippen LogP contribution in [0, 0.1) is 0 Å². The zero-order valence-electron chi connectivity index (χ0n) is 13.8. The fraction of sp³-hybridized carbons (Fsp3) is 0.625. The summed E-state index contributed by atoms with van der Waals surface area (Å²) in [5, 5.41) is 0. The second-order valence-corrected chi connectivity index (χ2v) is 8.01. The normalized spacial score (nSPS) is 19.1. The van der Waals surface area contributed by atoms with Crippen LogP contribution >= 0.6 is 0 Å². The van der Waals surface area contributed by atoms with Gasteiger partial charge in [0.15, 0.2) is 0 Å². The fourth-order valence-corrected chi connectivity index (χ4v) is 3.71. The Morgan fingerprint density at radius 3 is 2.65 bits per heavy atom. The second kappa shape index (κ2) is 7.88. The number of likely N-dealkylation sites (tertiary alicyclic amines) is 1. The molecule has 1 aromatic heterocycles. The third-order valence-corrected chi connectivity index (χ3v) is 5.50. The molecule has 128 valence electrons. The van der Waals surface area contributed by atoms with E-state index in [1.165, 1.54) is 4.31 Å². The SMILES string of the molecule is CCC1CCCCN1C(=O)CN(Cc1ccncc1)S(C)(=O)=O. The Hall–Kier alpha value is -1.47. The van der Waals surface area contributed by atoms with Gasteiger partial charge in [0.2, 0.25) is 15.9 Å². The molecule has 0 radical (unpaired) electrons. The van der Waals surface area contributed by atoms with Crippen molar-refractivity contribution < 1.29 is 13.2 Å². The van der Waals surface area contributed by atoms with Crippen molar-refractivity contribution in [2.45, 2.75) is 45.2 Å². The van der Waals surface area contributed by atoms with Crippen molar-refractivity contribution in [3.05, 3.63) is 30.1 Å². The van der Waals surface area contributed by atoms with Gasteiger partial charge in [-0.2, -0.15) is 4.31 Å². The maximum atomic E-state index is 12.6. The fourth-order valence-electron chi connectivity index (χ4n) is 2.98. The molecule has 1 unspecified atom stereocenters. The Labute approximate surface area is 138 Å². The van der Waals surface area contributed by atoms with Crippen molar-refractivity contribution >= 4 is 15.9 Å². The van der Waals surface area contributed by atoms with Crippen LogP contribution in [-0.4, -0.2) is 53.9 Å². The molecule has 1 saturated heterocycles. The number of amides is 1. The molecular formula is C16H25N3O3S. The van der Waals surface area contributed by atoms with Gasteiger partial charge in [-0.1, -0.05) is 6.92 Å². The third kappa shape index (κ3) is 5.00. The first-order valence-corrected chi connectivity index (χ1v) is 9.90. The van der Waals surface area contributed by atoms with Crippen molar-refractivity contribution in [1.82, 2.24) is 14.2 Å². The molecule has 0 aliphatic carbocycles. The average Bonchev–Trinajstić information content (AvgIpc) is 2.54. The summed E-state index contributed by atoms with van der Waals surface area (Å²) in [5.74, 6) is -0.101. The van der Waals surface area contributed by atoms with E-state index in [2.05, 4.69) is 11.9 Å². The van der Waals surface area contributed by atoms with Gasteiger partial charge in [0.05, 0.1) is 12.8 Å². The molecule has 0 spiro atoms. The molecule has 2 rings (SSSR count). The Balaban J connectivity index is 2.09. The molecule has 0 saturated carbocycles. The molecule has 2 heterocycles. The summed E-state index contributed by atoms with van der Waals surface area (Å²) in [7, 11) is -3.46. The zero-order valence-corrected chi connectivity index (χ0v) is 14.6. The van der Waals surface area contributed by atoms with Crippen molar-refractivity contribution in [1.29, 1.82) is 0 Å². The van der Waals surface area contributed by atoms with E-state index in [1.54, 1.807) is 24.5 Å². The molecule has 1 aliphatic heterocycles. The molecule has 7 heteroatoms. The Kier molecular flexibility index (Phi) is 6.12. The number of pyridine rings is 1. The van der Waals surface area contributed by atoms with Crippen molar-refractivity contribution in [3.63, 3.8) is 0 Å². The van der Waals surface area contributed by atoms with Crippen molar-refractivity contribution in [2.75, 3.05) is 19.3 Å². The van der Waals surface area contributed by atoms with E-state index < -0.39 is 10.0 Å². The number of rotatable bonds is 6. The molecular weight excluding hydrogens is 314 g/mol. The summed E-state index contributed by atoms with van der Waals surface area (Å²) in [6, 6.07) is 3.76. The highest BCUT2D eigenvalue weighted by atomic mass is 32.2. The average molecular weight is 339 g/mol. The topological polar surface area (TPSA) is 70.6 Å². The summed E-state index contributed by atoms with van der Waals surface area (Å²) < 4.78 is 25.3. The number of carbonyl (C=O) groups excluding carboxylic acids is 1. The predicted molar refractivity (Wildman–Crippen MR) is 89.1 cm³/mol. The van der Waals surface area contributed by atoms with Gasteiger partial charge in [0.25, 0.3) is 0 Å². The first-order chi connectivity index (χ1) is 10.9. The Morgan fingerprint density at radius 1 is 1.35 bits per heavy atom. The highest BCUT2D eigenvalue weighted by Gasteiger charge is 2.29. The van der Waals surface area contributed by atoms with E-state index in [1.807, 2.05) is 4.90 Å². The van der Waals surface area contributed by atoms with Gasteiger partial charge < -0.3 is 4.90 Å². The van der Waals surface area contributed by atoms with Crippen LogP contribution in [0.3, 0.4) is 0 Å². The molecule has 23 heavy (non-hydrogen) atoms. The summed E-state index contributed by atoms with van der Waals surface area (Å²) in [6.45, 7) is 2.89. The molecule has 1 amide bonds. The molecule has 6 nitrogen and oxygen atoms in total. The third-order valence-electron chi connectivity index (χ3n) is 4.31. The molecule has 0 N–H and O–H groups in total. The van der Waals surface area contributed by atoms with Crippen LogP contribution in [0.15, 0.2) is 24.5 Å². The van der Waals surface area contributed by atoms with Gasteiger partial charge in [-0.3, -0.25) is 9.78 Å². The predicted octanol–water partition coefficient (Wildman–Crippen LogP) is 1.63. The lowest BCUT2D eigenvalue weighted by atomic mass is 10.00. The molecule has 1 aromatic rings. The number of aromatic nitrogens is 1. The van der Waals surface area contributed by atoms with Gasteiger partial charge in [-0.05, 0) is 43.4 Å². The molecule has 0 aromatic carbocycles. The van der Waals surface area contributed by atoms with Crippen LogP contribution in [0.5, 0.6) is 0 Å². The number of hydrogen-bond acceptors (Lipinski definition) is 4. The summed E-state index contributed by atoms with van der Waals surface area (Å²) in [6.07, 6.45) is 8.43. The van der Waals surface area contributed by atoms with Crippen LogP contribution < -0.4 is 0 Å².